The lowest BCUT2D eigenvalue weighted by molar-refractivity contribution is -0.0988. The summed E-state index contributed by atoms with van der Waals surface area (Å²) in [4.78, 5) is 0. The van der Waals surface area contributed by atoms with E-state index in [2.05, 4.69) is 0 Å². The monoisotopic (exact) mass is 181 g/mol. The molecule has 0 aliphatic heterocycles. The molecule has 3 nitrogen and oxygen atoms in total. The summed E-state index contributed by atoms with van der Waals surface area (Å²) in [5, 5.41) is 10.4. The first kappa shape index (κ1) is 10.0. The molecule has 0 radical (unpaired) electrons. The van der Waals surface area contributed by atoms with Gasteiger partial charge in [0.1, 0.15) is 5.75 Å². The van der Waals surface area contributed by atoms with E-state index in [1.54, 1.807) is 14.2 Å². The molecule has 1 aromatic rings. The summed E-state index contributed by atoms with van der Waals surface area (Å²) in [5.41, 5.74) is 0.981. The molecule has 0 aliphatic rings. The van der Waals surface area contributed by atoms with E-state index in [-0.39, 0.29) is 6.04 Å². The van der Waals surface area contributed by atoms with Crippen molar-refractivity contribution >= 4 is 0 Å². The summed E-state index contributed by atoms with van der Waals surface area (Å²) in [7, 11) is 3.25. The van der Waals surface area contributed by atoms with E-state index in [0.29, 0.717) is 0 Å². The van der Waals surface area contributed by atoms with E-state index >= 15 is 0 Å². The van der Waals surface area contributed by atoms with Gasteiger partial charge in [-0.2, -0.15) is 5.06 Å². The number of hydrogen-bond acceptors (Lipinski definition) is 3. The SMILES string of the molecule is COc1ccccc1C(C)N(C)O. The molecule has 0 fully saturated rings. The van der Waals surface area contributed by atoms with Crippen molar-refractivity contribution in [2.24, 2.45) is 0 Å². The molecule has 1 atom stereocenters. The van der Waals surface area contributed by atoms with E-state index in [4.69, 9.17) is 4.74 Å². The van der Waals surface area contributed by atoms with Crippen LogP contribution in [0.3, 0.4) is 0 Å². The van der Waals surface area contributed by atoms with Crippen LogP contribution in [-0.4, -0.2) is 24.4 Å². The van der Waals surface area contributed by atoms with Gasteiger partial charge in [0.25, 0.3) is 0 Å². The van der Waals surface area contributed by atoms with Gasteiger partial charge in [0.2, 0.25) is 0 Å². The highest BCUT2D eigenvalue weighted by Crippen LogP contribution is 2.26. The molecule has 3 heteroatoms. The van der Waals surface area contributed by atoms with Gasteiger partial charge in [-0.3, -0.25) is 0 Å². The Bertz CT molecular complexity index is 273. The number of rotatable bonds is 3. The largest absolute Gasteiger partial charge is 0.496 e. The highest BCUT2D eigenvalue weighted by Gasteiger charge is 2.13. The molecule has 0 saturated carbocycles. The Morgan fingerprint density at radius 2 is 2.00 bits per heavy atom. The second kappa shape index (κ2) is 4.25. The van der Waals surface area contributed by atoms with Crippen molar-refractivity contribution in [2.45, 2.75) is 13.0 Å². The van der Waals surface area contributed by atoms with Crippen LogP contribution in [0.15, 0.2) is 24.3 Å². The fourth-order valence-corrected chi connectivity index (χ4v) is 1.21. The van der Waals surface area contributed by atoms with E-state index in [0.717, 1.165) is 16.4 Å². The zero-order valence-corrected chi connectivity index (χ0v) is 8.19. The van der Waals surface area contributed by atoms with Crippen molar-refractivity contribution in [2.75, 3.05) is 14.2 Å². The fourth-order valence-electron chi connectivity index (χ4n) is 1.21. The predicted octanol–water partition coefficient (Wildman–Crippen LogP) is 2.08. The molecule has 0 spiro atoms. The molecule has 0 heterocycles. The summed E-state index contributed by atoms with van der Waals surface area (Å²) in [6, 6.07) is 7.60. The Hall–Kier alpha value is -1.06. The summed E-state index contributed by atoms with van der Waals surface area (Å²) < 4.78 is 5.18. The first-order chi connectivity index (χ1) is 6.16. The lowest BCUT2D eigenvalue weighted by Gasteiger charge is -2.20. The van der Waals surface area contributed by atoms with Gasteiger partial charge in [-0.15, -0.1) is 0 Å². The molecule has 0 bridgehead atoms. The number of ether oxygens (including phenoxy) is 1. The highest BCUT2D eigenvalue weighted by molar-refractivity contribution is 5.35. The molecule has 1 rings (SSSR count). The minimum absolute atomic E-state index is 0.0591. The van der Waals surface area contributed by atoms with Crippen LogP contribution in [0.4, 0.5) is 0 Å². The maximum Gasteiger partial charge on any atom is 0.123 e. The summed E-state index contributed by atoms with van der Waals surface area (Å²) in [5.74, 6) is 0.802. The van der Waals surface area contributed by atoms with Gasteiger partial charge in [-0.1, -0.05) is 18.2 Å². The minimum Gasteiger partial charge on any atom is -0.496 e. The van der Waals surface area contributed by atoms with Crippen LogP contribution in [0.5, 0.6) is 5.75 Å². The molecular formula is C10H15NO2. The van der Waals surface area contributed by atoms with Crippen molar-refractivity contribution in [3.05, 3.63) is 29.8 Å². The standard InChI is InChI=1S/C10H15NO2/c1-8(11(2)12)9-6-4-5-7-10(9)13-3/h4-8,12H,1-3H3. The van der Waals surface area contributed by atoms with Crippen molar-refractivity contribution < 1.29 is 9.94 Å². The highest BCUT2D eigenvalue weighted by atomic mass is 16.5. The second-order valence-electron chi connectivity index (χ2n) is 2.99. The van der Waals surface area contributed by atoms with E-state index in [9.17, 15) is 5.21 Å². The molecule has 13 heavy (non-hydrogen) atoms. The smallest absolute Gasteiger partial charge is 0.123 e. The Labute approximate surface area is 78.5 Å². The number of hydrogen-bond donors (Lipinski definition) is 1. The Morgan fingerprint density at radius 3 is 2.54 bits per heavy atom. The normalized spacial score (nSPS) is 13.0. The lowest BCUT2D eigenvalue weighted by atomic mass is 10.1. The maximum absolute atomic E-state index is 9.27. The van der Waals surface area contributed by atoms with Gasteiger partial charge in [-0.05, 0) is 13.0 Å². The fraction of sp³-hybridized carbons (Fsp3) is 0.400. The zero-order valence-electron chi connectivity index (χ0n) is 8.19. The van der Waals surface area contributed by atoms with Crippen molar-refractivity contribution in [1.29, 1.82) is 0 Å². The summed E-state index contributed by atoms with van der Waals surface area (Å²) in [6.45, 7) is 1.91. The number of methoxy groups -OCH3 is 1. The van der Waals surface area contributed by atoms with Crippen LogP contribution >= 0.6 is 0 Å². The summed E-state index contributed by atoms with van der Waals surface area (Å²) in [6.07, 6.45) is 0. The van der Waals surface area contributed by atoms with Crippen LogP contribution in [-0.2, 0) is 0 Å². The van der Waals surface area contributed by atoms with E-state index < -0.39 is 0 Å². The van der Waals surface area contributed by atoms with Gasteiger partial charge < -0.3 is 9.94 Å². The Balaban J connectivity index is 2.98. The summed E-state index contributed by atoms with van der Waals surface area (Å²) >= 11 is 0. The average Bonchev–Trinajstić information content (AvgIpc) is 2.16. The van der Waals surface area contributed by atoms with E-state index in [1.165, 1.54) is 0 Å². The number of para-hydroxylation sites is 1. The first-order valence-corrected chi connectivity index (χ1v) is 4.21. The van der Waals surface area contributed by atoms with Crippen molar-refractivity contribution in [3.8, 4) is 5.75 Å². The van der Waals surface area contributed by atoms with Gasteiger partial charge in [0.15, 0.2) is 0 Å². The van der Waals surface area contributed by atoms with Crippen LogP contribution in [0, 0.1) is 0 Å². The minimum atomic E-state index is -0.0591. The average molecular weight is 181 g/mol. The van der Waals surface area contributed by atoms with Crippen molar-refractivity contribution in [1.82, 2.24) is 5.06 Å². The third-order valence-electron chi connectivity index (χ3n) is 2.15. The molecule has 0 amide bonds. The second-order valence-corrected chi connectivity index (χ2v) is 2.99. The quantitative estimate of drug-likeness (QED) is 0.724. The number of benzene rings is 1. The van der Waals surface area contributed by atoms with Crippen LogP contribution in [0.2, 0.25) is 0 Å². The topological polar surface area (TPSA) is 32.7 Å². The molecule has 1 unspecified atom stereocenters. The third kappa shape index (κ3) is 2.20. The van der Waals surface area contributed by atoms with Gasteiger partial charge >= 0.3 is 0 Å². The maximum atomic E-state index is 9.27. The molecule has 1 N–H and O–H groups in total. The predicted molar refractivity (Wildman–Crippen MR) is 51.0 cm³/mol. The van der Waals surface area contributed by atoms with Crippen LogP contribution in [0.25, 0.3) is 0 Å². The van der Waals surface area contributed by atoms with Gasteiger partial charge in [0, 0.05) is 12.6 Å². The van der Waals surface area contributed by atoms with Gasteiger partial charge in [0.05, 0.1) is 13.2 Å². The molecule has 0 saturated heterocycles. The van der Waals surface area contributed by atoms with Crippen molar-refractivity contribution in [3.63, 3.8) is 0 Å². The molecule has 72 valence electrons. The third-order valence-corrected chi connectivity index (χ3v) is 2.15. The Morgan fingerprint density at radius 1 is 1.38 bits per heavy atom. The molecule has 0 aliphatic carbocycles. The van der Waals surface area contributed by atoms with E-state index in [1.807, 2.05) is 31.2 Å². The Kier molecular flexibility index (Phi) is 3.28. The molecule has 0 aromatic heterocycles. The number of nitrogens with zero attached hydrogens (tertiary/aromatic N) is 1. The zero-order chi connectivity index (χ0) is 9.84. The van der Waals surface area contributed by atoms with Crippen LogP contribution in [0.1, 0.15) is 18.5 Å². The lowest BCUT2D eigenvalue weighted by Crippen LogP contribution is -2.18. The number of hydroxylamine groups is 2. The van der Waals surface area contributed by atoms with Gasteiger partial charge in [-0.25, -0.2) is 0 Å². The first-order valence-electron chi connectivity index (χ1n) is 4.21. The molecule has 1 aromatic carbocycles. The van der Waals surface area contributed by atoms with Crippen LogP contribution < -0.4 is 4.74 Å². The molecular weight excluding hydrogens is 166 g/mol.